The highest BCUT2D eigenvalue weighted by molar-refractivity contribution is 5.80. The van der Waals surface area contributed by atoms with E-state index in [1.807, 2.05) is 13.8 Å². The lowest BCUT2D eigenvalue weighted by molar-refractivity contribution is -0.141. The Kier molecular flexibility index (Phi) is 4.12. The monoisotopic (exact) mass is 213 g/mol. The smallest absolute Gasteiger partial charge is 0.305 e. The summed E-state index contributed by atoms with van der Waals surface area (Å²) in [6.45, 7) is 4.60. The van der Waals surface area contributed by atoms with Crippen LogP contribution in [0.1, 0.15) is 39.5 Å². The Hall–Kier alpha value is -1.06. The molecule has 1 amide bonds. The van der Waals surface area contributed by atoms with E-state index in [9.17, 15) is 9.59 Å². The largest absolute Gasteiger partial charge is 0.481 e. The van der Waals surface area contributed by atoms with Gasteiger partial charge >= 0.3 is 5.97 Å². The van der Waals surface area contributed by atoms with Crippen molar-refractivity contribution in [1.82, 2.24) is 4.90 Å². The molecular formula is C11H19NO3. The number of likely N-dealkylation sites (tertiary alicyclic amines) is 1. The fourth-order valence-electron chi connectivity index (χ4n) is 2.00. The third kappa shape index (κ3) is 2.94. The third-order valence-corrected chi connectivity index (χ3v) is 3.10. The Balaban J connectivity index is 2.59. The number of aliphatic carboxylic acids is 1. The van der Waals surface area contributed by atoms with Gasteiger partial charge in [-0.1, -0.05) is 13.8 Å². The number of nitrogens with zero attached hydrogens (tertiary/aromatic N) is 1. The van der Waals surface area contributed by atoms with Gasteiger partial charge in [-0.2, -0.15) is 0 Å². The highest BCUT2D eigenvalue weighted by atomic mass is 16.4. The number of amides is 1. The molecule has 0 saturated carbocycles. The SMILES string of the molecule is CCC(C)C(=O)N1CCCC1CC(=O)O. The molecule has 1 fully saturated rings. The number of carbonyl (C=O) groups is 2. The van der Waals surface area contributed by atoms with Crippen molar-refractivity contribution in [3.05, 3.63) is 0 Å². The van der Waals surface area contributed by atoms with Gasteiger partial charge in [-0.3, -0.25) is 9.59 Å². The van der Waals surface area contributed by atoms with Crippen molar-refractivity contribution in [2.45, 2.75) is 45.6 Å². The first-order chi connectivity index (χ1) is 7.06. The minimum atomic E-state index is -0.816. The zero-order chi connectivity index (χ0) is 11.4. The van der Waals surface area contributed by atoms with E-state index in [1.54, 1.807) is 4.90 Å². The summed E-state index contributed by atoms with van der Waals surface area (Å²) in [4.78, 5) is 24.3. The van der Waals surface area contributed by atoms with E-state index < -0.39 is 5.97 Å². The average Bonchev–Trinajstić information content (AvgIpc) is 2.62. The number of hydrogen-bond donors (Lipinski definition) is 1. The highest BCUT2D eigenvalue weighted by Crippen LogP contribution is 2.22. The molecule has 1 rings (SSSR count). The Morgan fingerprint density at radius 1 is 1.53 bits per heavy atom. The minimum absolute atomic E-state index is 0.0133. The van der Waals surface area contributed by atoms with E-state index in [-0.39, 0.29) is 24.3 Å². The van der Waals surface area contributed by atoms with Crippen LogP contribution in [-0.4, -0.2) is 34.5 Å². The normalized spacial score (nSPS) is 22.8. The van der Waals surface area contributed by atoms with Crippen molar-refractivity contribution in [3.63, 3.8) is 0 Å². The van der Waals surface area contributed by atoms with Crippen LogP contribution in [0.3, 0.4) is 0 Å². The molecule has 4 heteroatoms. The molecular weight excluding hydrogens is 194 g/mol. The number of carboxylic acid groups (broad SMARTS) is 1. The molecule has 0 aromatic carbocycles. The van der Waals surface area contributed by atoms with E-state index in [0.29, 0.717) is 0 Å². The highest BCUT2D eigenvalue weighted by Gasteiger charge is 2.31. The molecule has 1 heterocycles. The average molecular weight is 213 g/mol. The molecule has 0 aromatic heterocycles. The van der Waals surface area contributed by atoms with Crippen molar-refractivity contribution >= 4 is 11.9 Å². The van der Waals surface area contributed by atoms with Crippen LogP contribution >= 0.6 is 0 Å². The second-order valence-electron chi connectivity index (χ2n) is 4.23. The van der Waals surface area contributed by atoms with E-state index in [1.165, 1.54) is 0 Å². The standard InChI is InChI=1S/C11H19NO3/c1-3-8(2)11(15)12-6-4-5-9(12)7-10(13)14/h8-9H,3-7H2,1-2H3,(H,13,14). The van der Waals surface area contributed by atoms with Crippen molar-refractivity contribution in [2.75, 3.05) is 6.54 Å². The molecule has 0 aromatic rings. The first-order valence-corrected chi connectivity index (χ1v) is 5.58. The van der Waals surface area contributed by atoms with Gasteiger partial charge in [0.25, 0.3) is 0 Å². The Morgan fingerprint density at radius 3 is 2.73 bits per heavy atom. The van der Waals surface area contributed by atoms with Gasteiger partial charge in [0.1, 0.15) is 0 Å². The lowest BCUT2D eigenvalue weighted by atomic mass is 10.1. The van der Waals surface area contributed by atoms with E-state index in [2.05, 4.69) is 0 Å². The molecule has 0 bridgehead atoms. The Bertz CT molecular complexity index is 252. The molecule has 1 saturated heterocycles. The summed E-state index contributed by atoms with van der Waals surface area (Å²) in [5.74, 6) is -0.690. The Morgan fingerprint density at radius 2 is 2.20 bits per heavy atom. The quantitative estimate of drug-likeness (QED) is 0.769. The molecule has 2 atom stereocenters. The van der Waals surface area contributed by atoms with Crippen LogP contribution in [0.15, 0.2) is 0 Å². The second kappa shape index (κ2) is 5.14. The summed E-state index contributed by atoms with van der Waals surface area (Å²) in [5.41, 5.74) is 0. The topological polar surface area (TPSA) is 57.6 Å². The molecule has 1 N–H and O–H groups in total. The number of carboxylic acids is 1. The van der Waals surface area contributed by atoms with E-state index >= 15 is 0 Å². The van der Waals surface area contributed by atoms with Gasteiger partial charge in [-0.25, -0.2) is 0 Å². The number of carbonyl (C=O) groups excluding carboxylic acids is 1. The predicted molar refractivity (Wildman–Crippen MR) is 56.4 cm³/mol. The third-order valence-electron chi connectivity index (χ3n) is 3.10. The maximum atomic E-state index is 11.9. The lowest BCUT2D eigenvalue weighted by Crippen LogP contribution is -2.39. The van der Waals surface area contributed by atoms with Crippen LogP contribution in [0.25, 0.3) is 0 Å². The summed E-state index contributed by atoms with van der Waals surface area (Å²) in [6.07, 6.45) is 2.66. The van der Waals surface area contributed by atoms with Crippen LogP contribution in [0.5, 0.6) is 0 Å². The molecule has 0 aliphatic carbocycles. The lowest BCUT2D eigenvalue weighted by Gasteiger charge is -2.26. The fraction of sp³-hybridized carbons (Fsp3) is 0.818. The van der Waals surface area contributed by atoms with Crippen LogP contribution in [-0.2, 0) is 9.59 Å². The van der Waals surface area contributed by atoms with Crippen LogP contribution < -0.4 is 0 Å². The summed E-state index contributed by atoms with van der Waals surface area (Å²) >= 11 is 0. The Labute approximate surface area is 90.3 Å². The zero-order valence-electron chi connectivity index (χ0n) is 9.40. The maximum absolute atomic E-state index is 11.9. The van der Waals surface area contributed by atoms with Crippen LogP contribution in [0, 0.1) is 5.92 Å². The van der Waals surface area contributed by atoms with Gasteiger partial charge in [0, 0.05) is 18.5 Å². The van der Waals surface area contributed by atoms with E-state index in [4.69, 9.17) is 5.11 Å². The van der Waals surface area contributed by atoms with Gasteiger partial charge < -0.3 is 10.0 Å². The predicted octanol–water partition coefficient (Wildman–Crippen LogP) is 1.50. The van der Waals surface area contributed by atoms with Crippen LogP contribution in [0.4, 0.5) is 0 Å². The van der Waals surface area contributed by atoms with Gasteiger partial charge in [-0.05, 0) is 19.3 Å². The summed E-state index contributed by atoms with van der Waals surface area (Å²) in [5, 5.41) is 8.73. The first-order valence-electron chi connectivity index (χ1n) is 5.58. The zero-order valence-corrected chi connectivity index (χ0v) is 9.40. The molecule has 1 aliphatic rings. The van der Waals surface area contributed by atoms with Crippen molar-refractivity contribution in [2.24, 2.45) is 5.92 Å². The second-order valence-corrected chi connectivity index (χ2v) is 4.23. The number of rotatable bonds is 4. The fourth-order valence-corrected chi connectivity index (χ4v) is 2.00. The molecule has 86 valence electrons. The van der Waals surface area contributed by atoms with Gasteiger partial charge in [-0.15, -0.1) is 0 Å². The van der Waals surface area contributed by atoms with Gasteiger partial charge in [0.05, 0.1) is 6.42 Å². The molecule has 2 unspecified atom stereocenters. The summed E-state index contributed by atoms with van der Waals surface area (Å²) < 4.78 is 0. The van der Waals surface area contributed by atoms with Crippen molar-refractivity contribution in [3.8, 4) is 0 Å². The first kappa shape index (κ1) is 12.0. The van der Waals surface area contributed by atoms with E-state index in [0.717, 1.165) is 25.8 Å². The summed E-state index contributed by atoms with van der Waals surface area (Å²) in [6, 6.07) is -0.0796. The van der Waals surface area contributed by atoms with Gasteiger partial charge in [0.2, 0.25) is 5.91 Å². The van der Waals surface area contributed by atoms with Crippen molar-refractivity contribution < 1.29 is 14.7 Å². The molecule has 0 radical (unpaired) electrons. The summed E-state index contributed by atoms with van der Waals surface area (Å²) in [7, 11) is 0. The molecule has 4 nitrogen and oxygen atoms in total. The number of hydrogen-bond acceptors (Lipinski definition) is 2. The minimum Gasteiger partial charge on any atom is -0.481 e. The molecule has 1 aliphatic heterocycles. The maximum Gasteiger partial charge on any atom is 0.305 e. The van der Waals surface area contributed by atoms with Gasteiger partial charge in [0.15, 0.2) is 0 Å². The molecule has 15 heavy (non-hydrogen) atoms. The van der Waals surface area contributed by atoms with Crippen LogP contribution in [0.2, 0.25) is 0 Å². The molecule has 0 spiro atoms. The van der Waals surface area contributed by atoms with Crippen molar-refractivity contribution in [1.29, 1.82) is 0 Å².